The zero-order chi connectivity index (χ0) is 18.1. The van der Waals surface area contributed by atoms with Crippen molar-refractivity contribution < 1.29 is 4.79 Å². The lowest BCUT2D eigenvalue weighted by molar-refractivity contribution is 0.0709. The summed E-state index contributed by atoms with van der Waals surface area (Å²) >= 11 is 7.57. The minimum atomic E-state index is 0.0852. The minimum Gasteiger partial charge on any atom is -0.339 e. The number of piperidine rings is 1. The molecule has 1 aliphatic rings. The predicted molar refractivity (Wildman–Crippen MR) is 108 cm³/mol. The molecule has 6 heteroatoms. The van der Waals surface area contributed by atoms with E-state index in [2.05, 4.69) is 5.32 Å². The van der Waals surface area contributed by atoms with Gasteiger partial charge in [0.2, 0.25) is 0 Å². The van der Waals surface area contributed by atoms with Crippen LogP contribution in [0.4, 0.5) is 0 Å². The number of halogens is 1. The number of amides is 1. The summed E-state index contributed by atoms with van der Waals surface area (Å²) in [5.41, 5.74) is 2.36. The number of fused-ring (bicyclic) bond motifs is 1. The first kappa shape index (κ1) is 17.5. The molecule has 0 atom stereocenters. The molecule has 0 aliphatic carbocycles. The van der Waals surface area contributed by atoms with Crippen LogP contribution in [0.15, 0.2) is 42.5 Å². The van der Waals surface area contributed by atoms with E-state index in [1.807, 2.05) is 54.4 Å². The van der Waals surface area contributed by atoms with Crippen molar-refractivity contribution in [1.82, 2.24) is 15.2 Å². The predicted octanol–water partition coefficient (Wildman–Crippen LogP) is 4.44. The molecule has 4 nitrogen and oxygen atoms in total. The Kier molecular flexibility index (Phi) is 4.94. The Hall–Kier alpha value is -1.95. The normalized spacial score (nSPS) is 15.5. The van der Waals surface area contributed by atoms with Gasteiger partial charge < -0.3 is 10.2 Å². The maximum atomic E-state index is 13.3. The molecular weight excluding hydrogens is 366 g/mol. The summed E-state index contributed by atoms with van der Waals surface area (Å²) in [6.45, 7) is 1.56. The van der Waals surface area contributed by atoms with Crippen LogP contribution in [0.2, 0.25) is 4.34 Å². The number of likely N-dealkylation sites (tertiary alicyclic amines) is 1. The number of rotatable bonds is 3. The fraction of sp³-hybridized carbons (Fsp3) is 0.300. The summed E-state index contributed by atoms with van der Waals surface area (Å²) in [6.07, 6.45) is 1.97. The third-order valence-electron chi connectivity index (χ3n) is 4.96. The Morgan fingerprint density at radius 1 is 1.23 bits per heavy atom. The van der Waals surface area contributed by atoms with Crippen molar-refractivity contribution in [3.05, 3.63) is 52.4 Å². The molecule has 1 fully saturated rings. The lowest BCUT2D eigenvalue weighted by Crippen LogP contribution is -2.44. The van der Waals surface area contributed by atoms with E-state index in [9.17, 15) is 4.79 Å². The molecule has 0 unspecified atom stereocenters. The van der Waals surface area contributed by atoms with Gasteiger partial charge in [-0.15, -0.1) is 11.3 Å². The van der Waals surface area contributed by atoms with Gasteiger partial charge in [0.05, 0.1) is 26.0 Å². The number of nitrogens with zero attached hydrogens (tertiary/aromatic N) is 2. The fourth-order valence-electron chi connectivity index (χ4n) is 3.47. The minimum absolute atomic E-state index is 0.0852. The molecule has 0 bridgehead atoms. The number of benzene rings is 1. The lowest BCUT2D eigenvalue weighted by atomic mass is 10.0. The third-order valence-corrected chi connectivity index (χ3v) is 6.22. The van der Waals surface area contributed by atoms with Gasteiger partial charge in [0, 0.05) is 24.5 Å². The van der Waals surface area contributed by atoms with Crippen LogP contribution in [0.1, 0.15) is 23.2 Å². The van der Waals surface area contributed by atoms with Gasteiger partial charge in [-0.3, -0.25) is 4.79 Å². The molecule has 134 valence electrons. The van der Waals surface area contributed by atoms with Gasteiger partial charge in [0.1, 0.15) is 0 Å². The van der Waals surface area contributed by atoms with Crippen LogP contribution >= 0.6 is 22.9 Å². The van der Waals surface area contributed by atoms with Crippen molar-refractivity contribution in [2.75, 3.05) is 20.1 Å². The quantitative estimate of drug-likeness (QED) is 0.724. The molecule has 26 heavy (non-hydrogen) atoms. The van der Waals surface area contributed by atoms with E-state index < -0.39 is 0 Å². The average molecular weight is 386 g/mol. The van der Waals surface area contributed by atoms with E-state index in [-0.39, 0.29) is 5.91 Å². The SMILES string of the molecule is CNC1CCN(C(=O)c2cc(-c3ccc(Cl)s3)nc3ccccc23)CC1. The molecule has 1 amide bonds. The number of carbonyl (C=O) groups is 1. The molecule has 4 rings (SSSR count). The van der Waals surface area contributed by atoms with Gasteiger partial charge >= 0.3 is 0 Å². The van der Waals surface area contributed by atoms with Crippen molar-refractivity contribution in [1.29, 1.82) is 0 Å². The Morgan fingerprint density at radius 3 is 2.69 bits per heavy atom. The highest BCUT2D eigenvalue weighted by molar-refractivity contribution is 7.19. The number of pyridine rings is 1. The molecule has 0 spiro atoms. The third kappa shape index (κ3) is 3.34. The lowest BCUT2D eigenvalue weighted by Gasteiger charge is -2.32. The highest BCUT2D eigenvalue weighted by Crippen LogP contribution is 2.32. The second-order valence-electron chi connectivity index (χ2n) is 6.53. The van der Waals surface area contributed by atoms with Crippen molar-refractivity contribution in [2.24, 2.45) is 0 Å². The van der Waals surface area contributed by atoms with Gasteiger partial charge in [0.25, 0.3) is 5.91 Å². The molecule has 0 saturated carbocycles. The summed E-state index contributed by atoms with van der Waals surface area (Å²) in [5.74, 6) is 0.0852. The number of aromatic nitrogens is 1. The molecule has 3 aromatic rings. The van der Waals surface area contributed by atoms with E-state index in [0.717, 1.165) is 57.3 Å². The largest absolute Gasteiger partial charge is 0.339 e. The summed E-state index contributed by atoms with van der Waals surface area (Å²) in [5, 5.41) is 4.21. The van der Waals surface area contributed by atoms with E-state index in [4.69, 9.17) is 16.6 Å². The number of nitrogens with one attached hydrogen (secondary N) is 1. The maximum Gasteiger partial charge on any atom is 0.254 e. The number of thiophene rings is 1. The fourth-order valence-corrected chi connectivity index (χ4v) is 4.48. The Balaban J connectivity index is 1.74. The monoisotopic (exact) mass is 385 g/mol. The van der Waals surface area contributed by atoms with E-state index >= 15 is 0 Å². The number of para-hydroxylation sites is 1. The van der Waals surface area contributed by atoms with E-state index in [1.165, 1.54) is 11.3 Å². The first-order valence-corrected chi connectivity index (χ1v) is 9.97. The molecule has 1 N–H and O–H groups in total. The zero-order valence-electron chi connectivity index (χ0n) is 14.5. The van der Waals surface area contributed by atoms with E-state index in [0.29, 0.717) is 6.04 Å². The summed E-state index contributed by atoms with van der Waals surface area (Å²) < 4.78 is 0.719. The Bertz CT molecular complexity index is 947. The highest BCUT2D eigenvalue weighted by Gasteiger charge is 2.24. The van der Waals surface area contributed by atoms with Crippen LogP contribution in [0.3, 0.4) is 0 Å². The zero-order valence-corrected chi connectivity index (χ0v) is 16.1. The van der Waals surface area contributed by atoms with Crippen LogP contribution in [-0.4, -0.2) is 42.0 Å². The van der Waals surface area contributed by atoms with Crippen molar-refractivity contribution in [2.45, 2.75) is 18.9 Å². The van der Waals surface area contributed by atoms with Crippen LogP contribution in [0.25, 0.3) is 21.5 Å². The molecular formula is C20H20ClN3OS. The van der Waals surface area contributed by atoms with Gasteiger partial charge in [0.15, 0.2) is 0 Å². The number of hydrogen-bond acceptors (Lipinski definition) is 4. The van der Waals surface area contributed by atoms with Gasteiger partial charge in [-0.2, -0.15) is 0 Å². The van der Waals surface area contributed by atoms with Crippen molar-refractivity contribution in [3.8, 4) is 10.6 Å². The standard InChI is InChI=1S/C20H20ClN3OS/c1-22-13-8-10-24(11-9-13)20(25)15-12-17(18-6-7-19(21)26-18)23-16-5-3-2-4-14(15)16/h2-7,12-13,22H,8-11H2,1H3. The molecule has 3 heterocycles. The van der Waals surface area contributed by atoms with E-state index in [1.54, 1.807) is 0 Å². The highest BCUT2D eigenvalue weighted by atomic mass is 35.5. The number of hydrogen-bond donors (Lipinski definition) is 1. The topological polar surface area (TPSA) is 45.2 Å². The second kappa shape index (κ2) is 7.35. The smallest absolute Gasteiger partial charge is 0.254 e. The molecule has 1 aliphatic heterocycles. The molecule has 1 aromatic carbocycles. The van der Waals surface area contributed by atoms with Crippen molar-refractivity contribution in [3.63, 3.8) is 0 Å². The van der Waals surface area contributed by atoms with Crippen LogP contribution in [0.5, 0.6) is 0 Å². The van der Waals surface area contributed by atoms with Gasteiger partial charge in [-0.25, -0.2) is 4.98 Å². The number of carbonyl (C=O) groups excluding carboxylic acids is 1. The molecule has 1 saturated heterocycles. The summed E-state index contributed by atoms with van der Waals surface area (Å²) in [4.78, 5) is 20.9. The average Bonchev–Trinajstić information content (AvgIpc) is 3.13. The van der Waals surface area contributed by atoms with Crippen LogP contribution < -0.4 is 5.32 Å². The maximum absolute atomic E-state index is 13.3. The summed E-state index contributed by atoms with van der Waals surface area (Å²) in [7, 11) is 1.98. The van der Waals surface area contributed by atoms with Crippen LogP contribution in [0, 0.1) is 0 Å². The molecule has 0 radical (unpaired) electrons. The summed E-state index contributed by atoms with van der Waals surface area (Å²) in [6, 6.07) is 14.1. The van der Waals surface area contributed by atoms with Crippen molar-refractivity contribution >= 4 is 39.7 Å². The Morgan fingerprint density at radius 2 is 2.00 bits per heavy atom. The first-order valence-electron chi connectivity index (χ1n) is 8.78. The van der Waals surface area contributed by atoms with Gasteiger partial charge in [-0.05, 0) is 44.2 Å². The second-order valence-corrected chi connectivity index (χ2v) is 8.25. The molecule has 2 aromatic heterocycles. The van der Waals surface area contributed by atoms with Crippen LogP contribution in [-0.2, 0) is 0 Å². The first-order chi connectivity index (χ1) is 12.7. The Labute approximate surface area is 161 Å². The van der Waals surface area contributed by atoms with Gasteiger partial charge in [-0.1, -0.05) is 29.8 Å².